The van der Waals surface area contributed by atoms with Crippen LogP contribution in [-0.2, 0) is 16.8 Å². The molecule has 6 nitrogen and oxygen atoms in total. The van der Waals surface area contributed by atoms with E-state index in [1.54, 1.807) is 6.92 Å². The second-order valence-corrected chi connectivity index (χ2v) is 3.98. The lowest BCUT2D eigenvalue weighted by Crippen LogP contribution is -2.24. The fraction of sp³-hybridized carbons (Fsp3) is 0.286. The Morgan fingerprint density at radius 2 is 2.14 bits per heavy atom. The van der Waals surface area contributed by atoms with Crippen LogP contribution in [0.3, 0.4) is 0 Å². The summed E-state index contributed by atoms with van der Waals surface area (Å²) in [6.07, 6.45) is 1.40. The van der Waals surface area contributed by atoms with E-state index in [1.807, 2.05) is 0 Å². The number of aromatic nitrogens is 1. The van der Waals surface area contributed by atoms with Gasteiger partial charge in [0.25, 0.3) is 15.8 Å². The number of anilines is 1. The van der Waals surface area contributed by atoms with E-state index >= 15 is 0 Å². The van der Waals surface area contributed by atoms with Gasteiger partial charge in [-0.1, -0.05) is 0 Å². The van der Waals surface area contributed by atoms with E-state index in [9.17, 15) is 13.2 Å². The number of hydrogen-bond acceptors (Lipinski definition) is 3. The van der Waals surface area contributed by atoms with Gasteiger partial charge in [0.2, 0.25) is 0 Å². The number of nitrogens with two attached hydrogens (primary N) is 1. The minimum Gasteiger partial charge on any atom is -0.314 e. The van der Waals surface area contributed by atoms with Crippen molar-refractivity contribution in [2.24, 2.45) is 5.14 Å². The summed E-state index contributed by atoms with van der Waals surface area (Å²) >= 11 is 0. The monoisotopic (exact) mass is 217 g/mol. The van der Waals surface area contributed by atoms with Gasteiger partial charge in [0, 0.05) is 18.8 Å². The standard InChI is InChI=1S/C7H11N3O3S/c1-2-10-5-6(3-4-7(10)11)9-14(8,12)13/h3-5,9H,2H2,1H3,(H2,8,12,13). The topological polar surface area (TPSA) is 94.2 Å². The molecule has 0 amide bonds. The van der Waals surface area contributed by atoms with E-state index in [0.717, 1.165) is 0 Å². The molecule has 0 aromatic carbocycles. The van der Waals surface area contributed by atoms with Crippen LogP contribution in [-0.4, -0.2) is 13.0 Å². The molecule has 0 aliphatic carbocycles. The van der Waals surface area contributed by atoms with Crippen LogP contribution in [0.25, 0.3) is 0 Å². The number of rotatable bonds is 3. The first kappa shape index (κ1) is 10.7. The van der Waals surface area contributed by atoms with Crippen molar-refractivity contribution in [3.8, 4) is 0 Å². The molecule has 1 aromatic rings. The number of pyridine rings is 1. The van der Waals surface area contributed by atoms with E-state index in [1.165, 1.54) is 22.9 Å². The highest BCUT2D eigenvalue weighted by Gasteiger charge is 2.02. The summed E-state index contributed by atoms with van der Waals surface area (Å²) in [5.74, 6) is 0. The first-order valence-corrected chi connectivity index (χ1v) is 5.48. The molecule has 78 valence electrons. The first-order chi connectivity index (χ1) is 6.42. The van der Waals surface area contributed by atoms with Gasteiger partial charge in [0.1, 0.15) is 0 Å². The number of nitrogens with zero attached hydrogens (tertiary/aromatic N) is 1. The largest absolute Gasteiger partial charge is 0.314 e. The highest BCUT2D eigenvalue weighted by Crippen LogP contribution is 2.03. The van der Waals surface area contributed by atoms with Crippen LogP contribution in [0.4, 0.5) is 5.69 Å². The van der Waals surface area contributed by atoms with Crippen LogP contribution in [0.2, 0.25) is 0 Å². The first-order valence-electron chi connectivity index (χ1n) is 3.93. The Morgan fingerprint density at radius 1 is 1.50 bits per heavy atom. The van der Waals surface area contributed by atoms with Gasteiger partial charge in [-0.3, -0.25) is 9.52 Å². The molecule has 3 N–H and O–H groups in total. The lowest BCUT2D eigenvalue weighted by atomic mass is 10.4. The van der Waals surface area contributed by atoms with E-state index < -0.39 is 10.2 Å². The molecule has 14 heavy (non-hydrogen) atoms. The molecule has 0 aliphatic rings. The van der Waals surface area contributed by atoms with Gasteiger partial charge >= 0.3 is 0 Å². The number of aryl methyl sites for hydroxylation is 1. The summed E-state index contributed by atoms with van der Waals surface area (Å²) in [7, 11) is -3.78. The van der Waals surface area contributed by atoms with Crippen LogP contribution in [0.5, 0.6) is 0 Å². The van der Waals surface area contributed by atoms with Crippen molar-refractivity contribution in [1.82, 2.24) is 4.57 Å². The lowest BCUT2D eigenvalue weighted by Gasteiger charge is -2.06. The summed E-state index contributed by atoms with van der Waals surface area (Å²) in [6.45, 7) is 2.25. The highest BCUT2D eigenvalue weighted by atomic mass is 32.2. The fourth-order valence-corrected chi connectivity index (χ4v) is 1.45. The molecular weight excluding hydrogens is 206 g/mol. The van der Waals surface area contributed by atoms with Crippen LogP contribution < -0.4 is 15.4 Å². The molecule has 0 aliphatic heterocycles. The van der Waals surface area contributed by atoms with Crippen LogP contribution in [0.15, 0.2) is 23.1 Å². The van der Waals surface area contributed by atoms with Gasteiger partial charge in [-0.05, 0) is 13.0 Å². The normalized spacial score (nSPS) is 11.3. The molecule has 0 atom stereocenters. The van der Waals surface area contributed by atoms with Gasteiger partial charge in [-0.15, -0.1) is 0 Å². The minimum absolute atomic E-state index is 0.188. The summed E-state index contributed by atoms with van der Waals surface area (Å²) in [5, 5.41) is 4.77. The SMILES string of the molecule is CCn1cc(NS(N)(=O)=O)ccc1=O. The zero-order valence-electron chi connectivity index (χ0n) is 7.60. The average Bonchev–Trinajstić information content (AvgIpc) is 2.06. The summed E-state index contributed by atoms with van der Waals surface area (Å²) in [6, 6.07) is 2.63. The fourth-order valence-electron chi connectivity index (χ4n) is 1.00. The molecule has 7 heteroatoms. The average molecular weight is 217 g/mol. The molecule has 0 radical (unpaired) electrons. The Balaban J connectivity index is 3.08. The van der Waals surface area contributed by atoms with Gasteiger partial charge < -0.3 is 4.57 Å². The summed E-state index contributed by atoms with van der Waals surface area (Å²) in [5.41, 5.74) is 0.0846. The Labute approximate surface area is 81.5 Å². The molecular formula is C7H11N3O3S. The molecule has 1 heterocycles. The zero-order valence-corrected chi connectivity index (χ0v) is 8.41. The molecule has 0 unspecified atom stereocenters. The molecule has 1 rings (SSSR count). The summed E-state index contributed by atoms with van der Waals surface area (Å²) < 4.78 is 24.8. The molecule has 0 fully saturated rings. The van der Waals surface area contributed by atoms with Gasteiger partial charge in [-0.25, -0.2) is 5.14 Å². The number of nitrogens with one attached hydrogen (secondary N) is 1. The summed E-state index contributed by atoms with van der Waals surface area (Å²) in [4.78, 5) is 11.1. The van der Waals surface area contributed by atoms with Crippen molar-refractivity contribution >= 4 is 15.9 Å². The van der Waals surface area contributed by atoms with E-state index in [4.69, 9.17) is 5.14 Å². The third-order valence-corrected chi connectivity index (χ3v) is 2.10. The van der Waals surface area contributed by atoms with Gasteiger partial charge in [-0.2, -0.15) is 8.42 Å². The van der Waals surface area contributed by atoms with E-state index in [-0.39, 0.29) is 11.2 Å². The minimum atomic E-state index is -3.78. The Kier molecular flexibility index (Phi) is 2.92. The maximum Gasteiger partial charge on any atom is 0.296 e. The molecule has 0 saturated carbocycles. The molecule has 0 bridgehead atoms. The maximum atomic E-state index is 11.1. The third kappa shape index (κ3) is 2.86. The molecule has 0 spiro atoms. The Morgan fingerprint density at radius 3 is 2.64 bits per heavy atom. The Hall–Kier alpha value is -1.34. The zero-order chi connectivity index (χ0) is 10.8. The second kappa shape index (κ2) is 3.81. The predicted molar refractivity (Wildman–Crippen MR) is 53.1 cm³/mol. The second-order valence-electron chi connectivity index (χ2n) is 2.69. The van der Waals surface area contributed by atoms with Crippen LogP contribution >= 0.6 is 0 Å². The molecule has 1 aromatic heterocycles. The van der Waals surface area contributed by atoms with Crippen molar-refractivity contribution in [2.45, 2.75) is 13.5 Å². The Bertz CT molecular complexity index is 477. The van der Waals surface area contributed by atoms with Gasteiger partial charge in [0.15, 0.2) is 0 Å². The van der Waals surface area contributed by atoms with Crippen LogP contribution in [0.1, 0.15) is 6.92 Å². The quantitative estimate of drug-likeness (QED) is 0.713. The van der Waals surface area contributed by atoms with Crippen molar-refractivity contribution < 1.29 is 8.42 Å². The lowest BCUT2D eigenvalue weighted by molar-refractivity contribution is 0.602. The van der Waals surface area contributed by atoms with Crippen LogP contribution in [0, 0.1) is 0 Å². The molecule has 0 saturated heterocycles. The number of hydrogen-bond donors (Lipinski definition) is 2. The smallest absolute Gasteiger partial charge is 0.296 e. The van der Waals surface area contributed by atoms with E-state index in [2.05, 4.69) is 4.72 Å². The van der Waals surface area contributed by atoms with E-state index in [0.29, 0.717) is 6.54 Å². The highest BCUT2D eigenvalue weighted by molar-refractivity contribution is 7.90. The van der Waals surface area contributed by atoms with Crippen molar-refractivity contribution in [3.63, 3.8) is 0 Å². The maximum absolute atomic E-state index is 11.1. The third-order valence-electron chi connectivity index (χ3n) is 1.58. The van der Waals surface area contributed by atoms with Gasteiger partial charge in [0.05, 0.1) is 5.69 Å². The van der Waals surface area contributed by atoms with Crippen molar-refractivity contribution in [1.29, 1.82) is 0 Å². The van der Waals surface area contributed by atoms with Crippen molar-refractivity contribution in [2.75, 3.05) is 4.72 Å². The van der Waals surface area contributed by atoms with Crippen molar-refractivity contribution in [3.05, 3.63) is 28.7 Å². The predicted octanol–water partition coefficient (Wildman–Crippen LogP) is -0.516.